The standard InChI is InChI=1S/C9H16N2O/c1-3-4-5-6-9-7-8-11(10-9)12-2/h7-8H,3-6H2,1-2H3. The smallest absolute Gasteiger partial charge is 0.106 e. The largest absolute Gasteiger partial charge is 0.400 e. The van der Waals surface area contributed by atoms with E-state index in [-0.39, 0.29) is 0 Å². The molecule has 0 N–H and O–H groups in total. The molecule has 0 radical (unpaired) electrons. The molecular formula is C9H16N2O. The van der Waals surface area contributed by atoms with Crippen LogP contribution in [0, 0.1) is 0 Å². The molecule has 0 aliphatic heterocycles. The molecule has 0 saturated heterocycles. The molecule has 0 spiro atoms. The maximum atomic E-state index is 4.91. The van der Waals surface area contributed by atoms with Gasteiger partial charge in [0.25, 0.3) is 0 Å². The molecule has 68 valence electrons. The Morgan fingerprint density at radius 2 is 2.33 bits per heavy atom. The minimum atomic E-state index is 1.06. The second kappa shape index (κ2) is 4.80. The van der Waals surface area contributed by atoms with Crippen molar-refractivity contribution in [2.75, 3.05) is 7.11 Å². The Bertz CT molecular complexity index is 220. The van der Waals surface area contributed by atoms with Crippen molar-refractivity contribution in [3.05, 3.63) is 18.0 Å². The lowest BCUT2D eigenvalue weighted by Crippen LogP contribution is -2.06. The van der Waals surface area contributed by atoms with Gasteiger partial charge in [-0.1, -0.05) is 19.8 Å². The van der Waals surface area contributed by atoms with Gasteiger partial charge in [0.15, 0.2) is 0 Å². The fraction of sp³-hybridized carbons (Fsp3) is 0.667. The van der Waals surface area contributed by atoms with Crippen molar-refractivity contribution >= 4 is 0 Å². The highest BCUT2D eigenvalue weighted by molar-refractivity contribution is 4.97. The Labute approximate surface area is 73.3 Å². The second-order valence-corrected chi connectivity index (χ2v) is 2.85. The van der Waals surface area contributed by atoms with Gasteiger partial charge in [-0.25, -0.2) is 0 Å². The molecule has 0 aliphatic rings. The van der Waals surface area contributed by atoms with Crippen LogP contribution < -0.4 is 4.84 Å². The second-order valence-electron chi connectivity index (χ2n) is 2.85. The predicted molar refractivity (Wildman–Crippen MR) is 48.0 cm³/mol. The summed E-state index contributed by atoms with van der Waals surface area (Å²) in [5.74, 6) is 0. The molecule has 3 heteroatoms. The number of hydrogen-bond acceptors (Lipinski definition) is 2. The van der Waals surface area contributed by atoms with Crippen LogP contribution in [0.1, 0.15) is 31.9 Å². The van der Waals surface area contributed by atoms with E-state index in [1.807, 2.05) is 12.3 Å². The van der Waals surface area contributed by atoms with Crippen molar-refractivity contribution in [2.45, 2.75) is 32.6 Å². The molecule has 0 aromatic carbocycles. The van der Waals surface area contributed by atoms with Crippen molar-refractivity contribution in [2.24, 2.45) is 0 Å². The predicted octanol–water partition coefficient (Wildman–Crippen LogP) is 1.67. The van der Waals surface area contributed by atoms with E-state index in [1.165, 1.54) is 24.1 Å². The van der Waals surface area contributed by atoms with E-state index in [2.05, 4.69) is 12.0 Å². The molecule has 0 atom stereocenters. The fourth-order valence-corrected chi connectivity index (χ4v) is 1.13. The highest BCUT2D eigenvalue weighted by atomic mass is 16.7. The van der Waals surface area contributed by atoms with Gasteiger partial charge >= 0.3 is 0 Å². The van der Waals surface area contributed by atoms with Crippen molar-refractivity contribution in [1.82, 2.24) is 9.94 Å². The van der Waals surface area contributed by atoms with Crippen molar-refractivity contribution < 1.29 is 4.84 Å². The monoisotopic (exact) mass is 168 g/mol. The van der Waals surface area contributed by atoms with E-state index >= 15 is 0 Å². The first-order valence-corrected chi connectivity index (χ1v) is 4.46. The molecular weight excluding hydrogens is 152 g/mol. The van der Waals surface area contributed by atoms with Crippen LogP contribution in [0.4, 0.5) is 0 Å². The molecule has 1 aromatic heterocycles. The lowest BCUT2D eigenvalue weighted by atomic mass is 10.2. The third-order valence-corrected chi connectivity index (χ3v) is 1.84. The van der Waals surface area contributed by atoms with Gasteiger partial charge < -0.3 is 4.84 Å². The van der Waals surface area contributed by atoms with Gasteiger partial charge in [0.1, 0.15) is 7.11 Å². The average molecular weight is 168 g/mol. The molecule has 1 rings (SSSR count). The van der Waals surface area contributed by atoms with Gasteiger partial charge in [0, 0.05) is 0 Å². The quantitative estimate of drug-likeness (QED) is 0.625. The highest BCUT2D eigenvalue weighted by Gasteiger charge is 1.97. The van der Waals surface area contributed by atoms with Crippen molar-refractivity contribution in [3.8, 4) is 0 Å². The Kier molecular flexibility index (Phi) is 3.64. The third-order valence-electron chi connectivity index (χ3n) is 1.84. The Morgan fingerprint density at radius 3 is 2.92 bits per heavy atom. The molecule has 0 amide bonds. The van der Waals surface area contributed by atoms with Gasteiger partial charge in [0.05, 0.1) is 11.9 Å². The molecule has 0 saturated carbocycles. The number of unbranched alkanes of at least 4 members (excludes halogenated alkanes) is 2. The summed E-state index contributed by atoms with van der Waals surface area (Å²) in [5, 5.41) is 4.19. The summed E-state index contributed by atoms with van der Waals surface area (Å²) in [7, 11) is 1.61. The number of aryl methyl sites for hydroxylation is 1. The molecule has 12 heavy (non-hydrogen) atoms. The summed E-state index contributed by atoms with van der Waals surface area (Å²) in [4.78, 5) is 6.39. The zero-order valence-corrected chi connectivity index (χ0v) is 7.79. The summed E-state index contributed by atoms with van der Waals surface area (Å²) in [5.41, 5.74) is 1.12. The third kappa shape index (κ3) is 2.57. The van der Waals surface area contributed by atoms with E-state index in [1.54, 1.807) is 7.11 Å². The van der Waals surface area contributed by atoms with Crippen LogP contribution in [-0.4, -0.2) is 17.1 Å². The zero-order valence-electron chi connectivity index (χ0n) is 7.79. The number of rotatable bonds is 5. The molecule has 1 heterocycles. The average Bonchev–Trinajstić information content (AvgIpc) is 2.53. The van der Waals surface area contributed by atoms with E-state index in [0.29, 0.717) is 0 Å². The van der Waals surface area contributed by atoms with Gasteiger partial charge in [-0.2, -0.15) is 0 Å². The number of aromatic nitrogens is 2. The molecule has 3 nitrogen and oxygen atoms in total. The van der Waals surface area contributed by atoms with Gasteiger partial charge in [-0.15, -0.1) is 9.94 Å². The lowest BCUT2D eigenvalue weighted by molar-refractivity contribution is 0.133. The first-order valence-electron chi connectivity index (χ1n) is 4.46. The van der Waals surface area contributed by atoms with Gasteiger partial charge in [0.2, 0.25) is 0 Å². The first-order chi connectivity index (χ1) is 5.86. The van der Waals surface area contributed by atoms with E-state index in [0.717, 1.165) is 12.1 Å². The number of hydrogen-bond donors (Lipinski definition) is 0. The lowest BCUT2D eigenvalue weighted by Gasteiger charge is -1.96. The highest BCUT2D eigenvalue weighted by Crippen LogP contribution is 2.02. The van der Waals surface area contributed by atoms with Gasteiger partial charge in [-0.3, -0.25) is 0 Å². The van der Waals surface area contributed by atoms with Crippen LogP contribution in [0.2, 0.25) is 0 Å². The molecule has 0 bridgehead atoms. The van der Waals surface area contributed by atoms with Crippen LogP contribution in [0.3, 0.4) is 0 Å². The van der Waals surface area contributed by atoms with E-state index in [4.69, 9.17) is 4.84 Å². The van der Waals surface area contributed by atoms with Crippen LogP contribution in [0.5, 0.6) is 0 Å². The Balaban J connectivity index is 2.31. The first kappa shape index (κ1) is 9.10. The molecule has 1 aromatic rings. The summed E-state index contributed by atoms with van der Waals surface area (Å²) < 4.78 is 0. The minimum absolute atomic E-state index is 1.06. The van der Waals surface area contributed by atoms with Crippen LogP contribution >= 0.6 is 0 Å². The molecule has 0 unspecified atom stereocenters. The normalized spacial score (nSPS) is 10.2. The van der Waals surface area contributed by atoms with Crippen molar-refractivity contribution in [3.63, 3.8) is 0 Å². The summed E-state index contributed by atoms with van der Waals surface area (Å²) in [6.07, 6.45) is 6.65. The SMILES string of the molecule is CCCCCc1ccn(OC)n1. The topological polar surface area (TPSA) is 27.1 Å². The van der Waals surface area contributed by atoms with Crippen molar-refractivity contribution in [1.29, 1.82) is 0 Å². The fourth-order valence-electron chi connectivity index (χ4n) is 1.13. The summed E-state index contributed by atoms with van der Waals surface area (Å²) in [6.45, 7) is 2.20. The van der Waals surface area contributed by atoms with E-state index < -0.39 is 0 Å². The Morgan fingerprint density at radius 1 is 1.50 bits per heavy atom. The van der Waals surface area contributed by atoms with Gasteiger partial charge in [-0.05, 0) is 18.9 Å². The molecule has 0 fully saturated rings. The summed E-state index contributed by atoms with van der Waals surface area (Å²) >= 11 is 0. The maximum Gasteiger partial charge on any atom is 0.106 e. The van der Waals surface area contributed by atoms with Crippen LogP contribution in [0.15, 0.2) is 12.3 Å². The summed E-state index contributed by atoms with van der Waals surface area (Å²) in [6, 6.07) is 2.00. The minimum Gasteiger partial charge on any atom is -0.400 e. The Hall–Kier alpha value is -0.990. The maximum absolute atomic E-state index is 4.91. The molecule has 0 aliphatic carbocycles. The van der Waals surface area contributed by atoms with Crippen LogP contribution in [-0.2, 0) is 6.42 Å². The zero-order chi connectivity index (χ0) is 8.81. The van der Waals surface area contributed by atoms with Crippen LogP contribution in [0.25, 0.3) is 0 Å². The number of nitrogens with zero attached hydrogens (tertiary/aromatic N) is 2. The van der Waals surface area contributed by atoms with E-state index in [9.17, 15) is 0 Å².